The van der Waals surface area contributed by atoms with Gasteiger partial charge in [0, 0.05) is 13.1 Å². The Bertz CT molecular complexity index is 425. The van der Waals surface area contributed by atoms with Crippen molar-refractivity contribution >= 4 is 23.6 Å². The Labute approximate surface area is 109 Å². The lowest BCUT2D eigenvalue weighted by Crippen LogP contribution is -2.35. The highest BCUT2D eigenvalue weighted by atomic mass is 32.2. The van der Waals surface area contributed by atoms with E-state index in [0.29, 0.717) is 18.8 Å². The Morgan fingerprint density at radius 1 is 1.39 bits per heavy atom. The number of hydrogen-bond donors (Lipinski definition) is 2. The van der Waals surface area contributed by atoms with E-state index >= 15 is 0 Å². The average Bonchev–Trinajstić information content (AvgIpc) is 2.88. The van der Waals surface area contributed by atoms with Gasteiger partial charge in [0.05, 0.1) is 23.8 Å². The first-order valence-corrected chi connectivity index (χ1v) is 6.42. The van der Waals surface area contributed by atoms with Gasteiger partial charge in [-0.2, -0.15) is 5.26 Å². The van der Waals surface area contributed by atoms with Crippen LogP contribution >= 0.6 is 11.8 Å². The molecule has 0 aliphatic rings. The van der Waals surface area contributed by atoms with Gasteiger partial charge in [0.25, 0.3) is 5.91 Å². The largest absolute Gasteiger partial charge is 0.459 e. The van der Waals surface area contributed by atoms with Gasteiger partial charge in [-0.15, -0.1) is 11.8 Å². The highest BCUT2D eigenvalue weighted by Gasteiger charge is 2.07. The number of nitrogens with zero attached hydrogens (tertiary/aromatic N) is 1. The van der Waals surface area contributed by atoms with Crippen molar-refractivity contribution in [3.05, 3.63) is 24.2 Å². The first kappa shape index (κ1) is 14.1. The first-order chi connectivity index (χ1) is 8.74. The van der Waals surface area contributed by atoms with E-state index < -0.39 is 0 Å². The van der Waals surface area contributed by atoms with Crippen molar-refractivity contribution in [2.45, 2.75) is 0 Å². The molecule has 0 fully saturated rings. The van der Waals surface area contributed by atoms with Crippen molar-refractivity contribution in [1.29, 1.82) is 5.26 Å². The van der Waals surface area contributed by atoms with Crippen LogP contribution in [0.3, 0.4) is 0 Å². The molecule has 0 atom stereocenters. The monoisotopic (exact) mass is 267 g/mol. The summed E-state index contributed by atoms with van der Waals surface area (Å²) in [4.78, 5) is 22.6. The smallest absolute Gasteiger partial charge is 0.287 e. The van der Waals surface area contributed by atoms with Gasteiger partial charge in [0.15, 0.2) is 5.76 Å². The van der Waals surface area contributed by atoms with E-state index in [1.54, 1.807) is 12.1 Å². The first-order valence-electron chi connectivity index (χ1n) is 5.27. The highest BCUT2D eigenvalue weighted by Crippen LogP contribution is 1.98. The van der Waals surface area contributed by atoms with Crippen molar-refractivity contribution in [1.82, 2.24) is 10.6 Å². The van der Waals surface area contributed by atoms with Crippen LogP contribution in [0.1, 0.15) is 10.6 Å². The minimum atomic E-state index is -0.312. The summed E-state index contributed by atoms with van der Waals surface area (Å²) in [7, 11) is 0. The number of thioether (sulfide) groups is 1. The van der Waals surface area contributed by atoms with Gasteiger partial charge in [-0.3, -0.25) is 9.59 Å². The fraction of sp³-hybridized carbons (Fsp3) is 0.364. The van der Waals surface area contributed by atoms with Crippen LogP contribution in [0.15, 0.2) is 22.8 Å². The molecular formula is C11H13N3O3S. The summed E-state index contributed by atoms with van der Waals surface area (Å²) in [6.45, 7) is 0.673. The van der Waals surface area contributed by atoms with Crippen LogP contribution in [0.2, 0.25) is 0 Å². The molecule has 0 bridgehead atoms. The molecule has 0 spiro atoms. The Balaban J connectivity index is 2.06. The van der Waals surface area contributed by atoms with Crippen molar-refractivity contribution in [3.63, 3.8) is 0 Å². The molecule has 18 heavy (non-hydrogen) atoms. The molecule has 1 rings (SSSR count). The fourth-order valence-electron chi connectivity index (χ4n) is 1.11. The molecule has 1 heterocycles. The number of carbonyl (C=O) groups is 2. The van der Waals surface area contributed by atoms with E-state index in [2.05, 4.69) is 10.6 Å². The predicted molar refractivity (Wildman–Crippen MR) is 67.0 cm³/mol. The number of carbonyl (C=O) groups excluding carboxylic acids is 2. The number of nitriles is 1. The number of furan rings is 1. The molecule has 0 aromatic carbocycles. The van der Waals surface area contributed by atoms with E-state index in [1.165, 1.54) is 18.0 Å². The second kappa shape index (κ2) is 8.20. The number of rotatable bonds is 7. The Hall–Kier alpha value is -1.94. The summed E-state index contributed by atoms with van der Waals surface area (Å²) in [5, 5.41) is 13.5. The molecule has 0 unspecified atom stereocenters. The van der Waals surface area contributed by atoms with Gasteiger partial charge in [0.2, 0.25) is 5.91 Å². The van der Waals surface area contributed by atoms with E-state index in [9.17, 15) is 9.59 Å². The quantitative estimate of drug-likeness (QED) is 0.696. The normalized spacial score (nSPS) is 9.50. The lowest BCUT2D eigenvalue weighted by molar-refractivity contribution is -0.118. The summed E-state index contributed by atoms with van der Waals surface area (Å²) in [6, 6.07) is 5.13. The van der Waals surface area contributed by atoms with Crippen LogP contribution in [-0.4, -0.2) is 36.4 Å². The molecule has 2 amide bonds. The maximum atomic E-state index is 11.4. The molecule has 7 heteroatoms. The molecule has 96 valence electrons. The lowest BCUT2D eigenvalue weighted by Gasteiger charge is -2.05. The third-order valence-electron chi connectivity index (χ3n) is 1.88. The van der Waals surface area contributed by atoms with Crippen LogP contribution in [-0.2, 0) is 4.79 Å². The standard InChI is InChI=1S/C11H13N3O3S/c12-3-7-18-8-10(15)13-4-5-14-11(16)9-2-1-6-17-9/h1-2,6H,4-5,7-8H2,(H,13,15)(H,14,16). The lowest BCUT2D eigenvalue weighted by atomic mass is 10.4. The van der Waals surface area contributed by atoms with Crippen LogP contribution in [0.4, 0.5) is 0 Å². The van der Waals surface area contributed by atoms with Gasteiger partial charge >= 0.3 is 0 Å². The van der Waals surface area contributed by atoms with Crippen LogP contribution in [0.5, 0.6) is 0 Å². The summed E-state index contributed by atoms with van der Waals surface area (Å²) in [6.07, 6.45) is 1.42. The zero-order valence-corrected chi connectivity index (χ0v) is 10.5. The minimum Gasteiger partial charge on any atom is -0.459 e. The molecule has 6 nitrogen and oxygen atoms in total. The van der Waals surface area contributed by atoms with Crippen molar-refractivity contribution in [2.75, 3.05) is 24.6 Å². The van der Waals surface area contributed by atoms with Gasteiger partial charge in [0.1, 0.15) is 0 Å². The van der Waals surface area contributed by atoms with Gasteiger partial charge in [-0.25, -0.2) is 0 Å². The molecule has 1 aromatic heterocycles. The molecule has 1 aromatic rings. The third kappa shape index (κ3) is 5.41. The Kier molecular flexibility index (Phi) is 6.43. The van der Waals surface area contributed by atoms with Gasteiger partial charge in [-0.05, 0) is 12.1 Å². The van der Waals surface area contributed by atoms with Crippen LogP contribution < -0.4 is 10.6 Å². The van der Waals surface area contributed by atoms with E-state index in [-0.39, 0.29) is 23.3 Å². The van der Waals surface area contributed by atoms with Crippen LogP contribution in [0, 0.1) is 11.3 Å². The number of nitrogens with one attached hydrogen (secondary N) is 2. The molecule has 0 saturated carbocycles. The van der Waals surface area contributed by atoms with E-state index in [4.69, 9.17) is 9.68 Å². The zero-order chi connectivity index (χ0) is 13.2. The molecule has 0 radical (unpaired) electrons. The van der Waals surface area contributed by atoms with Crippen molar-refractivity contribution in [3.8, 4) is 6.07 Å². The van der Waals surface area contributed by atoms with Gasteiger partial charge in [-0.1, -0.05) is 0 Å². The van der Waals surface area contributed by atoms with Crippen LogP contribution in [0.25, 0.3) is 0 Å². The summed E-state index contributed by atoms with van der Waals surface area (Å²) < 4.78 is 4.91. The van der Waals surface area contributed by atoms with E-state index in [1.807, 2.05) is 6.07 Å². The summed E-state index contributed by atoms with van der Waals surface area (Å²) in [5.74, 6) is 0.323. The summed E-state index contributed by atoms with van der Waals surface area (Å²) >= 11 is 1.25. The molecule has 0 aliphatic heterocycles. The third-order valence-corrected chi connectivity index (χ3v) is 2.68. The minimum absolute atomic E-state index is 0.150. The maximum Gasteiger partial charge on any atom is 0.287 e. The van der Waals surface area contributed by atoms with Gasteiger partial charge < -0.3 is 15.1 Å². The average molecular weight is 267 g/mol. The molecular weight excluding hydrogens is 254 g/mol. The topological polar surface area (TPSA) is 95.1 Å². The highest BCUT2D eigenvalue weighted by molar-refractivity contribution is 8.00. The predicted octanol–water partition coefficient (Wildman–Crippen LogP) is 0.382. The second-order valence-electron chi connectivity index (χ2n) is 3.23. The SMILES string of the molecule is N#CCSCC(=O)NCCNC(=O)c1ccco1. The fourth-order valence-corrected chi connectivity index (χ4v) is 1.59. The molecule has 0 aliphatic carbocycles. The van der Waals surface area contributed by atoms with Crippen molar-refractivity contribution in [2.24, 2.45) is 0 Å². The second-order valence-corrected chi connectivity index (χ2v) is 4.22. The number of amides is 2. The molecule has 2 N–H and O–H groups in total. The van der Waals surface area contributed by atoms with E-state index in [0.717, 1.165) is 0 Å². The number of hydrogen-bond acceptors (Lipinski definition) is 5. The molecule has 0 saturated heterocycles. The Morgan fingerprint density at radius 2 is 2.17 bits per heavy atom. The maximum absolute atomic E-state index is 11.4. The zero-order valence-electron chi connectivity index (χ0n) is 9.64. The Morgan fingerprint density at radius 3 is 2.83 bits per heavy atom. The summed E-state index contributed by atoms with van der Waals surface area (Å²) in [5.41, 5.74) is 0. The van der Waals surface area contributed by atoms with Crippen molar-refractivity contribution < 1.29 is 14.0 Å².